The van der Waals surface area contributed by atoms with Gasteiger partial charge in [-0.3, -0.25) is 4.79 Å². The van der Waals surface area contributed by atoms with E-state index in [-0.39, 0.29) is 17.9 Å². The minimum atomic E-state index is -0.261. The van der Waals surface area contributed by atoms with E-state index >= 15 is 0 Å². The maximum atomic E-state index is 12.0. The smallest absolute Gasteiger partial charge is 0.255 e. The summed E-state index contributed by atoms with van der Waals surface area (Å²) in [5, 5.41) is 3.03. The highest BCUT2D eigenvalue weighted by Gasteiger charge is 2.14. The number of nitrogens with zero attached hydrogens (tertiary/aromatic N) is 1. The number of carbonyl (C=O) groups is 1. The summed E-state index contributed by atoms with van der Waals surface area (Å²) in [6.07, 6.45) is 1.48. The van der Waals surface area contributed by atoms with Crippen LogP contribution in [0.2, 0.25) is 5.15 Å². The Hall–Kier alpha value is -2.27. The molecule has 96 valence electrons. The standard InChI is InChI=1S/C13H9ClN2O3/c14-12-5-8(3-4-15-12)13(17)16-9-1-2-10-11(6-9)19-7-18-10/h1-6H,7H2,(H,16,17). The molecule has 1 aliphatic heterocycles. The summed E-state index contributed by atoms with van der Waals surface area (Å²) in [6.45, 7) is 0.201. The van der Waals surface area contributed by atoms with Crippen LogP contribution in [0.15, 0.2) is 36.5 Å². The fourth-order valence-electron chi connectivity index (χ4n) is 1.72. The first-order chi connectivity index (χ1) is 9.22. The van der Waals surface area contributed by atoms with Crippen LogP contribution < -0.4 is 14.8 Å². The van der Waals surface area contributed by atoms with Crippen molar-refractivity contribution in [1.82, 2.24) is 4.98 Å². The van der Waals surface area contributed by atoms with Crippen LogP contribution in [0.4, 0.5) is 5.69 Å². The van der Waals surface area contributed by atoms with Crippen molar-refractivity contribution in [3.05, 3.63) is 47.2 Å². The zero-order chi connectivity index (χ0) is 13.2. The summed E-state index contributed by atoms with van der Waals surface area (Å²) in [7, 11) is 0. The second kappa shape index (κ2) is 4.78. The first kappa shape index (κ1) is 11.8. The van der Waals surface area contributed by atoms with E-state index in [1.807, 2.05) is 0 Å². The molecule has 0 saturated heterocycles. The van der Waals surface area contributed by atoms with Gasteiger partial charge in [-0.1, -0.05) is 11.6 Å². The van der Waals surface area contributed by atoms with Gasteiger partial charge in [0.1, 0.15) is 5.15 Å². The van der Waals surface area contributed by atoms with Crippen LogP contribution in [0, 0.1) is 0 Å². The number of nitrogens with one attached hydrogen (secondary N) is 1. The van der Waals surface area contributed by atoms with Gasteiger partial charge in [0.15, 0.2) is 11.5 Å². The van der Waals surface area contributed by atoms with E-state index in [4.69, 9.17) is 21.1 Å². The van der Waals surface area contributed by atoms with Crippen LogP contribution in [0.25, 0.3) is 0 Å². The molecule has 3 rings (SSSR count). The molecule has 1 aliphatic rings. The lowest BCUT2D eigenvalue weighted by molar-refractivity contribution is 0.102. The van der Waals surface area contributed by atoms with Crippen molar-refractivity contribution in [3.8, 4) is 11.5 Å². The van der Waals surface area contributed by atoms with Crippen LogP contribution in [0.5, 0.6) is 11.5 Å². The van der Waals surface area contributed by atoms with Gasteiger partial charge in [-0.05, 0) is 24.3 Å². The molecule has 0 aliphatic carbocycles. The maximum Gasteiger partial charge on any atom is 0.255 e. The zero-order valence-corrected chi connectivity index (χ0v) is 10.5. The Morgan fingerprint density at radius 1 is 1.21 bits per heavy atom. The third kappa shape index (κ3) is 2.46. The zero-order valence-electron chi connectivity index (χ0n) is 9.72. The molecule has 2 heterocycles. The van der Waals surface area contributed by atoms with Gasteiger partial charge < -0.3 is 14.8 Å². The van der Waals surface area contributed by atoms with Crippen molar-refractivity contribution in [1.29, 1.82) is 0 Å². The average Bonchev–Trinajstić information content (AvgIpc) is 2.86. The number of carbonyl (C=O) groups excluding carboxylic acids is 1. The van der Waals surface area contributed by atoms with E-state index < -0.39 is 0 Å². The Balaban J connectivity index is 1.80. The van der Waals surface area contributed by atoms with E-state index in [0.717, 1.165) is 0 Å². The van der Waals surface area contributed by atoms with Gasteiger partial charge in [-0.15, -0.1) is 0 Å². The second-order valence-corrected chi connectivity index (χ2v) is 4.28. The molecule has 0 radical (unpaired) electrons. The topological polar surface area (TPSA) is 60.5 Å². The Bertz CT molecular complexity index is 646. The molecular weight excluding hydrogens is 268 g/mol. The molecule has 1 amide bonds. The molecule has 0 saturated carbocycles. The Kier molecular flexibility index (Phi) is 2.97. The summed E-state index contributed by atoms with van der Waals surface area (Å²) in [6, 6.07) is 8.30. The molecule has 0 spiro atoms. The number of benzene rings is 1. The number of pyridine rings is 1. The molecule has 0 atom stereocenters. The number of halogens is 1. The minimum absolute atomic E-state index is 0.201. The molecular formula is C13H9ClN2O3. The molecule has 0 unspecified atom stereocenters. The molecule has 1 N–H and O–H groups in total. The van der Waals surface area contributed by atoms with Gasteiger partial charge in [-0.2, -0.15) is 0 Å². The van der Waals surface area contributed by atoms with E-state index in [1.165, 1.54) is 12.3 Å². The first-order valence-electron chi connectivity index (χ1n) is 5.55. The predicted molar refractivity (Wildman–Crippen MR) is 69.8 cm³/mol. The van der Waals surface area contributed by atoms with Crippen LogP contribution in [0.1, 0.15) is 10.4 Å². The number of rotatable bonds is 2. The van der Waals surface area contributed by atoms with E-state index in [0.29, 0.717) is 22.7 Å². The van der Waals surface area contributed by atoms with Gasteiger partial charge in [-0.25, -0.2) is 4.98 Å². The van der Waals surface area contributed by atoms with Crippen molar-refractivity contribution in [2.45, 2.75) is 0 Å². The van der Waals surface area contributed by atoms with E-state index in [2.05, 4.69) is 10.3 Å². The van der Waals surface area contributed by atoms with Crippen molar-refractivity contribution < 1.29 is 14.3 Å². The largest absolute Gasteiger partial charge is 0.454 e. The lowest BCUT2D eigenvalue weighted by atomic mass is 10.2. The van der Waals surface area contributed by atoms with Crippen LogP contribution in [0.3, 0.4) is 0 Å². The molecule has 1 aromatic heterocycles. The normalized spacial score (nSPS) is 12.3. The van der Waals surface area contributed by atoms with E-state index in [1.54, 1.807) is 24.3 Å². The monoisotopic (exact) mass is 276 g/mol. The van der Waals surface area contributed by atoms with Crippen LogP contribution in [-0.4, -0.2) is 17.7 Å². The Labute approximate surface area is 114 Å². The maximum absolute atomic E-state index is 12.0. The molecule has 1 aromatic carbocycles. The fraction of sp³-hybridized carbons (Fsp3) is 0.0769. The number of ether oxygens (including phenoxy) is 2. The summed E-state index contributed by atoms with van der Waals surface area (Å²) in [5.74, 6) is 1.03. The second-order valence-electron chi connectivity index (χ2n) is 3.89. The van der Waals surface area contributed by atoms with Gasteiger partial charge in [0.25, 0.3) is 5.91 Å². The molecule has 5 nitrogen and oxygen atoms in total. The SMILES string of the molecule is O=C(Nc1ccc2c(c1)OCO2)c1ccnc(Cl)c1. The number of fused-ring (bicyclic) bond motifs is 1. The van der Waals surface area contributed by atoms with Gasteiger partial charge in [0, 0.05) is 23.5 Å². The van der Waals surface area contributed by atoms with Crippen molar-refractivity contribution in [2.75, 3.05) is 12.1 Å². The number of anilines is 1. The third-order valence-electron chi connectivity index (χ3n) is 2.62. The van der Waals surface area contributed by atoms with Crippen molar-refractivity contribution in [2.24, 2.45) is 0 Å². The highest BCUT2D eigenvalue weighted by Crippen LogP contribution is 2.34. The van der Waals surface area contributed by atoms with Gasteiger partial charge in [0.05, 0.1) is 0 Å². The number of hydrogen-bond acceptors (Lipinski definition) is 4. The Morgan fingerprint density at radius 3 is 2.89 bits per heavy atom. The van der Waals surface area contributed by atoms with Crippen LogP contribution >= 0.6 is 11.6 Å². The first-order valence-corrected chi connectivity index (χ1v) is 5.93. The highest BCUT2D eigenvalue weighted by atomic mass is 35.5. The molecule has 6 heteroatoms. The van der Waals surface area contributed by atoms with Gasteiger partial charge in [0.2, 0.25) is 6.79 Å². The minimum Gasteiger partial charge on any atom is -0.454 e. The molecule has 19 heavy (non-hydrogen) atoms. The number of amides is 1. The number of hydrogen-bond donors (Lipinski definition) is 1. The van der Waals surface area contributed by atoms with Crippen LogP contribution in [-0.2, 0) is 0 Å². The molecule has 2 aromatic rings. The van der Waals surface area contributed by atoms with Crippen molar-refractivity contribution >= 4 is 23.2 Å². The lowest BCUT2D eigenvalue weighted by Gasteiger charge is -2.06. The summed E-state index contributed by atoms with van der Waals surface area (Å²) < 4.78 is 10.4. The quantitative estimate of drug-likeness (QED) is 0.857. The summed E-state index contributed by atoms with van der Waals surface area (Å²) in [5.41, 5.74) is 1.07. The predicted octanol–water partition coefficient (Wildman–Crippen LogP) is 2.72. The van der Waals surface area contributed by atoms with Gasteiger partial charge >= 0.3 is 0 Å². The highest BCUT2D eigenvalue weighted by molar-refractivity contribution is 6.29. The molecule has 0 bridgehead atoms. The lowest BCUT2D eigenvalue weighted by Crippen LogP contribution is -2.11. The number of aromatic nitrogens is 1. The molecule has 0 fully saturated rings. The Morgan fingerprint density at radius 2 is 2.05 bits per heavy atom. The van der Waals surface area contributed by atoms with E-state index in [9.17, 15) is 4.79 Å². The fourth-order valence-corrected chi connectivity index (χ4v) is 1.90. The average molecular weight is 277 g/mol. The van der Waals surface area contributed by atoms with Crippen molar-refractivity contribution in [3.63, 3.8) is 0 Å². The summed E-state index contributed by atoms with van der Waals surface area (Å²) in [4.78, 5) is 15.8. The third-order valence-corrected chi connectivity index (χ3v) is 2.83. The summed E-state index contributed by atoms with van der Waals surface area (Å²) >= 11 is 5.74.